The van der Waals surface area contributed by atoms with E-state index >= 15 is 0 Å². The fraction of sp³-hybridized carbons (Fsp3) is 0.500. The molecule has 0 radical (unpaired) electrons. The zero-order valence-electron chi connectivity index (χ0n) is 13.2. The molecule has 1 saturated carbocycles. The predicted molar refractivity (Wildman–Crippen MR) is 88.1 cm³/mol. The average molecular weight is 283 g/mol. The van der Waals surface area contributed by atoms with E-state index in [0.717, 1.165) is 29.7 Å². The summed E-state index contributed by atoms with van der Waals surface area (Å²) < 4.78 is 0. The lowest BCUT2D eigenvalue weighted by Crippen LogP contribution is -2.39. The Balaban J connectivity index is 2.30. The molecule has 1 aliphatic rings. The van der Waals surface area contributed by atoms with Crippen molar-refractivity contribution in [1.29, 1.82) is 0 Å². The second-order valence-corrected chi connectivity index (χ2v) is 6.33. The third kappa shape index (κ3) is 1.98. The molecule has 2 atom stereocenters. The van der Waals surface area contributed by atoms with Gasteiger partial charge in [0.25, 0.3) is 0 Å². The maximum Gasteiger partial charge on any atom is 0.104 e. The number of H-pyrrole nitrogens is 1. The molecular weight excluding hydrogens is 258 g/mol. The Bertz CT molecular complexity index is 683. The van der Waals surface area contributed by atoms with Gasteiger partial charge in [0.2, 0.25) is 0 Å². The molecule has 21 heavy (non-hydrogen) atoms. The maximum atomic E-state index is 6.01. The van der Waals surface area contributed by atoms with Gasteiger partial charge in [0, 0.05) is 5.41 Å². The quantitative estimate of drug-likeness (QED) is 0.868. The molecular formula is C18H25N3. The van der Waals surface area contributed by atoms with Gasteiger partial charge in [-0.3, -0.25) is 0 Å². The topological polar surface area (TPSA) is 54.7 Å². The second-order valence-electron chi connectivity index (χ2n) is 6.33. The highest BCUT2D eigenvalue weighted by Gasteiger charge is 2.43. The van der Waals surface area contributed by atoms with Crippen molar-refractivity contribution >= 4 is 11.0 Å². The van der Waals surface area contributed by atoms with Crippen LogP contribution >= 0.6 is 0 Å². The van der Waals surface area contributed by atoms with E-state index in [9.17, 15) is 0 Å². The van der Waals surface area contributed by atoms with Crippen LogP contribution in [0.2, 0.25) is 0 Å². The molecule has 3 heteroatoms. The van der Waals surface area contributed by atoms with Crippen LogP contribution in [0.25, 0.3) is 11.0 Å². The number of nitrogens with two attached hydrogens (primary N) is 1. The Morgan fingerprint density at radius 3 is 3.00 bits per heavy atom. The number of imidazole rings is 1. The lowest BCUT2D eigenvalue weighted by molar-refractivity contribution is 0.263. The molecule has 3 rings (SSSR count). The number of rotatable bonds is 2. The van der Waals surface area contributed by atoms with Gasteiger partial charge in [-0.1, -0.05) is 26.0 Å². The molecule has 3 nitrogen and oxygen atoms in total. The summed E-state index contributed by atoms with van der Waals surface area (Å²) in [7, 11) is 0. The molecule has 2 unspecified atom stereocenters. The Hall–Kier alpha value is -1.77. The summed E-state index contributed by atoms with van der Waals surface area (Å²) in [5, 5.41) is 0. The van der Waals surface area contributed by atoms with Gasteiger partial charge in [-0.15, -0.1) is 0 Å². The van der Waals surface area contributed by atoms with Gasteiger partial charge in [-0.05, 0) is 61.9 Å². The number of fused-ring (bicyclic) bond motifs is 1. The van der Waals surface area contributed by atoms with Crippen LogP contribution in [0.15, 0.2) is 30.0 Å². The zero-order valence-corrected chi connectivity index (χ0v) is 13.2. The second kappa shape index (κ2) is 5.21. The van der Waals surface area contributed by atoms with Gasteiger partial charge < -0.3 is 10.7 Å². The molecule has 0 spiro atoms. The summed E-state index contributed by atoms with van der Waals surface area (Å²) in [4.78, 5) is 8.13. The van der Waals surface area contributed by atoms with Crippen molar-refractivity contribution < 1.29 is 0 Å². The highest BCUT2D eigenvalue weighted by atomic mass is 14.9. The van der Waals surface area contributed by atoms with Crippen molar-refractivity contribution in [2.24, 2.45) is 11.7 Å². The minimum absolute atomic E-state index is 0.0359. The maximum absolute atomic E-state index is 6.01. The number of hydrogen-bond acceptors (Lipinski definition) is 2. The van der Waals surface area contributed by atoms with Gasteiger partial charge in [-0.2, -0.15) is 0 Å². The van der Waals surface area contributed by atoms with Gasteiger partial charge in [0.1, 0.15) is 5.82 Å². The van der Waals surface area contributed by atoms with Crippen LogP contribution in [0.1, 0.15) is 50.9 Å². The number of nitrogens with one attached hydrogen (secondary N) is 1. The van der Waals surface area contributed by atoms with E-state index < -0.39 is 0 Å². The summed E-state index contributed by atoms with van der Waals surface area (Å²) in [6.45, 7) is 6.67. The minimum Gasteiger partial charge on any atom is -0.405 e. The van der Waals surface area contributed by atoms with Crippen molar-refractivity contribution in [1.82, 2.24) is 9.97 Å². The van der Waals surface area contributed by atoms with Crippen LogP contribution < -0.4 is 5.73 Å². The van der Waals surface area contributed by atoms with E-state index in [4.69, 9.17) is 10.7 Å². The summed E-state index contributed by atoms with van der Waals surface area (Å²) in [6, 6.07) is 6.50. The standard InChI is InChI=1S/C18H25N3/c1-4-18(12(2)7-5-8-14(18)11-19)15-9-6-10-16-17(15)21-13(3)20-16/h6,9-12H,4-5,7-8,19H2,1-3H3,(H,20,21)/b14-11+. The van der Waals surface area contributed by atoms with Crippen LogP contribution in [-0.4, -0.2) is 9.97 Å². The smallest absolute Gasteiger partial charge is 0.104 e. The van der Waals surface area contributed by atoms with Gasteiger partial charge in [0.05, 0.1) is 11.0 Å². The molecule has 0 aliphatic heterocycles. The van der Waals surface area contributed by atoms with E-state index in [-0.39, 0.29) is 5.41 Å². The minimum atomic E-state index is 0.0359. The van der Waals surface area contributed by atoms with E-state index in [1.165, 1.54) is 24.0 Å². The van der Waals surface area contributed by atoms with Crippen molar-refractivity contribution in [3.8, 4) is 0 Å². The SMILES string of the molecule is CCC1(c2cccc3[nH]c(C)nc23)/C(=C/N)CCCC1C. The fourth-order valence-corrected chi connectivity index (χ4v) is 4.34. The lowest BCUT2D eigenvalue weighted by atomic mass is 9.59. The molecule has 0 amide bonds. The fourth-order valence-electron chi connectivity index (χ4n) is 4.34. The van der Waals surface area contributed by atoms with Crippen LogP contribution in [0.5, 0.6) is 0 Å². The van der Waals surface area contributed by atoms with Crippen LogP contribution in [-0.2, 0) is 5.41 Å². The number of benzene rings is 1. The summed E-state index contributed by atoms with van der Waals surface area (Å²) in [6.07, 6.45) is 6.53. The number of allylic oxidation sites excluding steroid dienone is 1. The summed E-state index contributed by atoms with van der Waals surface area (Å²) in [5.41, 5.74) is 11.0. The Morgan fingerprint density at radius 1 is 1.48 bits per heavy atom. The van der Waals surface area contributed by atoms with Crippen molar-refractivity contribution in [3.05, 3.63) is 41.4 Å². The Labute approximate surface area is 126 Å². The summed E-state index contributed by atoms with van der Waals surface area (Å²) >= 11 is 0. The van der Waals surface area contributed by atoms with E-state index in [2.05, 4.69) is 37.0 Å². The molecule has 112 valence electrons. The third-order valence-electron chi connectivity index (χ3n) is 5.37. The molecule has 1 aromatic heterocycles. The number of aromatic amines is 1. The lowest BCUT2D eigenvalue weighted by Gasteiger charge is -2.45. The normalized spacial score (nSPS) is 28.3. The molecule has 0 bridgehead atoms. The molecule has 1 aromatic carbocycles. The average Bonchev–Trinajstić information content (AvgIpc) is 2.87. The van der Waals surface area contributed by atoms with Crippen LogP contribution in [0.4, 0.5) is 0 Å². The van der Waals surface area contributed by atoms with Crippen molar-refractivity contribution in [2.75, 3.05) is 0 Å². The molecule has 1 fully saturated rings. The van der Waals surface area contributed by atoms with Gasteiger partial charge in [0.15, 0.2) is 0 Å². The Morgan fingerprint density at radius 2 is 2.29 bits per heavy atom. The van der Waals surface area contributed by atoms with Crippen LogP contribution in [0.3, 0.4) is 0 Å². The van der Waals surface area contributed by atoms with Gasteiger partial charge >= 0.3 is 0 Å². The van der Waals surface area contributed by atoms with E-state index in [1.807, 2.05) is 13.1 Å². The molecule has 1 aliphatic carbocycles. The molecule has 2 aromatic rings. The first-order valence-electron chi connectivity index (χ1n) is 8.00. The number of hydrogen-bond donors (Lipinski definition) is 2. The van der Waals surface area contributed by atoms with E-state index in [0.29, 0.717) is 5.92 Å². The zero-order chi connectivity index (χ0) is 15.0. The van der Waals surface area contributed by atoms with Crippen molar-refractivity contribution in [3.63, 3.8) is 0 Å². The summed E-state index contributed by atoms with van der Waals surface area (Å²) in [5.74, 6) is 1.57. The Kier molecular flexibility index (Phi) is 3.52. The largest absolute Gasteiger partial charge is 0.405 e. The number of aryl methyl sites for hydroxylation is 1. The highest BCUT2D eigenvalue weighted by molar-refractivity contribution is 5.81. The number of para-hydroxylation sites is 1. The van der Waals surface area contributed by atoms with E-state index in [1.54, 1.807) is 0 Å². The predicted octanol–water partition coefficient (Wildman–Crippen LogP) is 4.18. The number of aromatic nitrogens is 2. The first kappa shape index (κ1) is 14.2. The molecule has 3 N–H and O–H groups in total. The van der Waals surface area contributed by atoms with Gasteiger partial charge in [-0.25, -0.2) is 4.98 Å². The first-order valence-corrected chi connectivity index (χ1v) is 8.00. The highest BCUT2D eigenvalue weighted by Crippen LogP contribution is 2.50. The third-order valence-corrected chi connectivity index (χ3v) is 5.37. The van der Waals surface area contributed by atoms with Crippen molar-refractivity contribution in [2.45, 2.75) is 51.9 Å². The number of nitrogens with zero attached hydrogens (tertiary/aromatic N) is 1. The monoisotopic (exact) mass is 283 g/mol. The van der Waals surface area contributed by atoms with Crippen LogP contribution in [0, 0.1) is 12.8 Å². The molecule has 1 heterocycles. The molecule has 0 saturated heterocycles. The first-order chi connectivity index (χ1) is 10.1.